The van der Waals surface area contributed by atoms with E-state index in [1.165, 1.54) is 19.3 Å². The molecule has 106 valence electrons. The highest BCUT2D eigenvalue weighted by molar-refractivity contribution is 6.04. The third kappa shape index (κ3) is 3.66. The molecule has 1 aliphatic rings. The number of carbonyl (C=O) groups is 3. The zero-order valence-corrected chi connectivity index (χ0v) is 11.4. The second-order valence-electron chi connectivity index (χ2n) is 4.56. The predicted octanol–water partition coefficient (Wildman–Crippen LogP) is 1.80. The van der Waals surface area contributed by atoms with Crippen molar-refractivity contribution in [3.05, 3.63) is 12.2 Å². The normalized spacial score (nSPS) is 23.4. The van der Waals surface area contributed by atoms with Crippen molar-refractivity contribution < 1.29 is 23.9 Å². The molecule has 19 heavy (non-hydrogen) atoms. The zero-order valence-electron chi connectivity index (χ0n) is 11.4. The number of Topliss-reactive ketones (excluding diaryl/α,β-unsaturated/α-hetero) is 1. The second-order valence-corrected chi connectivity index (χ2v) is 4.56. The number of rotatable bonds is 5. The average molecular weight is 268 g/mol. The van der Waals surface area contributed by atoms with E-state index in [-0.39, 0.29) is 18.8 Å². The van der Waals surface area contributed by atoms with Crippen LogP contribution in [0.5, 0.6) is 0 Å². The maximum absolute atomic E-state index is 12.1. The summed E-state index contributed by atoms with van der Waals surface area (Å²) in [6.45, 7) is 1.96. The highest BCUT2D eigenvalue weighted by Crippen LogP contribution is 2.38. The Morgan fingerprint density at radius 1 is 1.37 bits per heavy atom. The van der Waals surface area contributed by atoms with Gasteiger partial charge in [0.25, 0.3) is 0 Å². The van der Waals surface area contributed by atoms with Crippen LogP contribution in [0.4, 0.5) is 0 Å². The van der Waals surface area contributed by atoms with Crippen LogP contribution in [-0.4, -0.2) is 31.4 Å². The molecule has 0 aromatic carbocycles. The molecule has 0 aliphatic heterocycles. The van der Waals surface area contributed by atoms with Crippen molar-refractivity contribution in [1.29, 1.82) is 0 Å². The molecular formula is C14H20O5. The van der Waals surface area contributed by atoms with E-state index in [1.807, 2.05) is 0 Å². The fourth-order valence-corrected chi connectivity index (χ4v) is 2.30. The van der Waals surface area contributed by atoms with E-state index in [1.54, 1.807) is 6.92 Å². The fourth-order valence-electron chi connectivity index (χ4n) is 2.30. The van der Waals surface area contributed by atoms with E-state index < -0.39 is 17.4 Å². The SMILES string of the molecule is CCOC(=O)C1(C/C=C/C(=O)OC)CCCCC1=O. The highest BCUT2D eigenvalue weighted by atomic mass is 16.5. The highest BCUT2D eigenvalue weighted by Gasteiger charge is 2.46. The summed E-state index contributed by atoms with van der Waals surface area (Å²) < 4.78 is 9.51. The molecule has 0 aromatic rings. The summed E-state index contributed by atoms with van der Waals surface area (Å²) in [4.78, 5) is 35.2. The smallest absolute Gasteiger partial charge is 0.330 e. The summed E-state index contributed by atoms with van der Waals surface area (Å²) in [6.07, 6.45) is 5.45. The second kappa shape index (κ2) is 7.07. The molecule has 5 heteroatoms. The van der Waals surface area contributed by atoms with Crippen molar-refractivity contribution >= 4 is 17.7 Å². The van der Waals surface area contributed by atoms with Gasteiger partial charge in [0, 0.05) is 12.5 Å². The summed E-state index contributed by atoms with van der Waals surface area (Å²) in [6, 6.07) is 0. The zero-order chi connectivity index (χ0) is 14.3. The Labute approximate surface area is 112 Å². The number of methoxy groups -OCH3 is 1. The summed E-state index contributed by atoms with van der Waals surface area (Å²) in [7, 11) is 1.28. The van der Waals surface area contributed by atoms with Gasteiger partial charge in [-0.05, 0) is 26.2 Å². The number of hydrogen-bond donors (Lipinski definition) is 0. The summed E-state index contributed by atoms with van der Waals surface area (Å²) >= 11 is 0. The van der Waals surface area contributed by atoms with Gasteiger partial charge < -0.3 is 9.47 Å². The summed E-state index contributed by atoms with van der Waals surface area (Å²) in [5.74, 6) is -1.07. The Morgan fingerprint density at radius 3 is 2.68 bits per heavy atom. The maximum Gasteiger partial charge on any atom is 0.330 e. The van der Waals surface area contributed by atoms with Crippen LogP contribution in [0.3, 0.4) is 0 Å². The molecule has 0 amide bonds. The van der Waals surface area contributed by atoms with Gasteiger partial charge >= 0.3 is 11.9 Å². The van der Waals surface area contributed by atoms with E-state index in [2.05, 4.69) is 4.74 Å². The van der Waals surface area contributed by atoms with Crippen molar-refractivity contribution in [3.63, 3.8) is 0 Å². The van der Waals surface area contributed by atoms with Crippen LogP contribution in [0, 0.1) is 5.41 Å². The molecule has 0 bridgehead atoms. The quantitative estimate of drug-likeness (QED) is 0.432. The lowest BCUT2D eigenvalue weighted by Crippen LogP contribution is -2.42. The number of hydrogen-bond acceptors (Lipinski definition) is 5. The standard InChI is InChI=1S/C14H20O5/c1-3-19-13(17)14(9-5-4-7-11(14)15)10-6-8-12(16)18-2/h6,8H,3-5,7,9-10H2,1-2H3/b8-6+. The molecule has 1 rings (SSSR count). The predicted molar refractivity (Wildman–Crippen MR) is 68.3 cm³/mol. The molecule has 1 unspecified atom stereocenters. The van der Waals surface area contributed by atoms with Gasteiger partial charge in [0.05, 0.1) is 13.7 Å². The van der Waals surface area contributed by atoms with E-state index in [0.29, 0.717) is 12.8 Å². The van der Waals surface area contributed by atoms with Gasteiger partial charge in [0.2, 0.25) is 0 Å². The number of carbonyl (C=O) groups excluding carboxylic acids is 3. The lowest BCUT2D eigenvalue weighted by Gasteiger charge is -2.32. The van der Waals surface area contributed by atoms with Crippen LogP contribution in [-0.2, 0) is 23.9 Å². The van der Waals surface area contributed by atoms with Crippen molar-refractivity contribution in [2.24, 2.45) is 5.41 Å². The molecule has 0 saturated heterocycles. The summed E-state index contributed by atoms with van der Waals surface area (Å²) in [5, 5.41) is 0. The Morgan fingerprint density at radius 2 is 2.11 bits per heavy atom. The van der Waals surface area contributed by atoms with Crippen LogP contribution in [0.1, 0.15) is 39.0 Å². The van der Waals surface area contributed by atoms with E-state index >= 15 is 0 Å². The maximum atomic E-state index is 12.1. The molecule has 0 aromatic heterocycles. The first-order valence-corrected chi connectivity index (χ1v) is 6.52. The van der Waals surface area contributed by atoms with Gasteiger partial charge in [-0.15, -0.1) is 0 Å². The fraction of sp³-hybridized carbons (Fsp3) is 0.643. The van der Waals surface area contributed by atoms with E-state index in [0.717, 1.165) is 12.8 Å². The van der Waals surface area contributed by atoms with Crippen molar-refractivity contribution in [3.8, 4) is 0 Å². The topological polar surface area (TPSA) is 69.7 Å². The van der Waals surface area contributed by atoms with Gasteiger partial charge in [0.15, 0.2) is 0 Å². The average Bonchev–Trinajstić information content (AvgIpc) is 2.41. The molecule has 1 atom stereocenters. The van der Waals surface area contributed by atoms with E-state index in [4.69, 9.17) is 4.74 Å². The minimum absolute atomic E-state index is 0.0910. The molecule has 1 aliphatic carbocycles. The molecule has 5 nitrogen and oxygen atoms in total. The third-order valence-electron chi connectivity index (χ3n) is 3.38. The van der Waals surface area contributed by atoms with Crippen molar-refractivity contribution in [2.45, 2.75) is 39.0 Å². The van der Waals surface area contributed by atoms with Crippen molar-refractivity contribution in [2.75, 3.05) is 13.7 Å². The van der Waals surface area contributed by atoms with Crippen LogP contribution in [0.15, 0.2) is 12.2 Å². The van der Waals surface area contributed by atoms with Gasteiger partial charge in [-0.25, -0.2) is 4.79 Å². The first-order valence-electron chi connectivity index (χ1n) is 6.52. The van der Waals surface area contributed by atoms with Gasteiger partial charge in [-0.2, -0.15) is 0 Å². The number of allylic oxidation sites excluding steroid dienone is 1. The van der Waals surface area contributed by atoms with Crippen LogP contribution in [0.2, 0.25) is 0 Å². The first kappa shape index (κ1) is 15.4. The molecular weight excluding hydrogens is 248 g/mol. The number of ether oxygens (including phenoxy) is 2. The number of ketones is 1. The van der Waals surface area contributed by atoms with Gasteiger partial charge in [-0.3, -0.25) is 9.59 Å². The Kier molecular flexibility index (Phi) is 5.73. The molecule has 0 N–H and O–H groups in total. The van der Waals surface area contributed by atoms with Gasteiger partial charge in [-0.1, -0.05) is 12.5 Å². The molecule has 0 heterocycles. The Balaban J connectivity index is 2.86. The molecule has 1 saturated carbocycles. The Bertz CT molecular complexity index is 385. The van der Waals surface area contributed by atoms with E-state index in [9.17, 15) is 14.4 Å². The largest absolute Gasteiger partial charge is 0.466 e. The minimum Gasteiger partial charge on any atom is -0.466 e. The lowest BCUT2D eigenvalue weighted by molar-refractivity contribution is -0.162. The molecule has 0 spiro atoms. The first-order chi connectivity index (χ1) is 9.06. The third-order valence-corrected chi connectivity index (χ3v) is 3.38. The van der Waals surface area contributed by atoms with Gasteiger partial charge in [0.1, 0.15) is 11.2 Å². The molecule has 0 radical (unpaired) electrons. The van der Waals surface area contributed by atoms with Crippen LogP contribution in [0.25, 0.3) is 0 Å². The van der Waals surface area contributed by atoms with Crippen molar-refractivity contribution in [1.82, 2.24) is 0 Å². The summed E-state index contributed by atoms with van der Waals surface area (Å²) in [5.41, 5.74) is -1.11. The Hall–Kier alpha value is -1.65. The lowest BCUT2D eigenvalue weighted by atomic mass is 9.70. The minimum atomic E-state index is -1.11. The van der Waals surface area contributed by atoms with Crippen LogP contribution < -0.4 is 0 Å². The number of esters is 2. The molecule has 1 fully saturated rings. The monoisotopic (exact) mass is 268 g/mol. The van der Waals surface area contributed by atoms with Crippen LogP contribution >= 0.6 is 0 Å².